The molecular weight excluding hydrogens is 303 g/mol. The fraction of sp³-hybridized carbons (Fsp3) is 0.235. The van der Waals surface area contributed by atoms with E-state index < -0.39 is 5.91 Å². The van der Waals surface area contributed by atoms with E-state index in [1.807, 2.05) is 6.07 Å². The molecule has 22 heavy (non-hydrogen) atoms. The summed E-state index contributed by atoms with van der Waals surface area (Å²) in [5, 5.41) is 0.415. The average Bonchev–Trinajstić information content (AvgIpc) is 2.50. The maximum Gasteiger partial charge on any atom is 0.249 e. The van der Waals surface area contributed by atoms with E-state index in [2.05, 4.69) is 4.90 Å². The number of hydrogen-bond donors (Lipinski definition) is 1. The number of fused-ring (bicyclic) bond motifs is 1. The van der Waals surface area contributed by atoms with Crippen molar-refractivity contribution in [1.29, 1.82) is 0 Å². The zero-order chi connectivity index (χ0) is 15.7. The SMILES string of the molecule is NC(=O)c1cccc2c1CCCN2Cc1c(F)cccc1Cl. The first-order valence-electron chi connectivity index (χ1n) is 7.17. The van der Waals surface area contributed by atoms with E-state index >= 15 is 0 Å². The van der Waals surface area contributed by atoms with E-state index in [1.54, 1.807) is 24.3 Å². The van der Waals surface area contributed by atoms with Gasteiger partial charge in [-0.2, -0.15) is 0 Å². The van der Waals surface area contributed by atoms with Gasteiger partial charge in [-0.3, -0.25) is 4.79 Å². The third-order valence-corrected chi connectivity index (χ3v) is 4.38. The van der Waals surface area contributed by atoms with Crippen LogP contribution in [0.5, 0.6) is 0 Å². The summed E-state index contributed by atoms with van der Waals surface area (Å²) in [6.45, 7) is 1.17. The van der Waals surface area contributed by atoms with Crippen molar-refractivity contribution in [2.75, 3.05) is 11.4 Å². The number of halogens is 2. The van der Waals surface area contributed by atoms with Crippen LogP contribution in [-0.2, 0) is 13.0 Å². The topological polar surface area (TPSA) is 46.3 Å². The first-order valence-corrected chi connectivity index (χ1v) is 7.55. The molecule has 1 heterocycles. The molecule has 2 N–H and O–H groups in total. The molecule has 3 rings (SSSR count). The highest BCUT2D eigenvalue weighted by atomic mass is 35.5. The van der Waals surface area contributed by atoms with Gasteiger partial charge >= 0.3 is 0 Å². The molecule has 0 saturated carbocycles. The third kappa shape index (κ3) is 2.66. The number of nitrogens with zero attached hydrogens (tertiary/aromatic N) is 1. The maximum atomic E-state index is 14.0. The molecule has 3 nitrogen and oxygen atoms in total. The lowest BCUT2D eigenvalue weighted by molar-refractivity contribution is 0.0999. The summed E-state index contributed by atoms with van der Waals surface area (Å²) in [5.74, 6) is -0.742. The molecule has 114 valence electrons. The van der Waals surface area contributed by atoms with Crippen LogP contribution in [0.25, 0.3) is 0 Å². The van der Waals surface area contributed by atoms with E-state index in [0.717, 1.165) is 30.6 Å². The van der Waals surface area contributed by atoms with Gasteiger partial charge in [0.2, 0.25) is 5.91 Å². The second-order valence-corrected chi connectivity index (χ2v) is 5.80. The highest BCUT2D eigenvalue weighted by Crippen LogP contribution is 2.32. The van der Waals surface area contributed by atoms with Gasteiger partial charge in [-0.05, 0) is 42.7 Å². The Kier molecular flexibility index (Phi) is 4.03. The average molecular weight is 319 g/mol. The maximum absolute atomic E-state index is 14.0. The Morgan fingerprint density at radius 3 is 2.77 bits per heavy atom. The van der Waals surface area contributed by atoms with Crippen molar-refractivity contribution >= 4 is 23.2 Å². The van der Waals surface area contributed by atoms with Crippen molar-refractivity contribution in [3.8, 4) is 0 Å². The lowest BCUT2D eigenvalue weighted by Crippen LogP contribution is -2.31. The molecule has 2 aromatic rings. The van der Waals surface area contributed by atoms with Gasteiger partial charge in [-0.1, -0.05) is 23.7 Å². The molecule has 0 fully saturated rings. The minimum Gasteiger partial charge on any atom is -0.367 e. The lowest BCUT2D eigenvalue weighted by Gasteiger charge is -2.32. The molecule has 0 atom stereocenters. The first-order chi connectivity index (χ1) is 10.6. The quantitative estimate of drug-likeness (QED) is 0.941. The Morgan fingerprint density at radius 2 is 2.05 bits per heavy atom. The summed E-state index contributed by atoms with van der Waals surface area (Å²) in [6.07, 6.45) is 1.69. The van der Waals surface area contributed by atoms with Crippen LogP contribution in [0.3, 0.4) is 0 Å². The van der Waals surface area contributed by atoms with Crippen LogP contribution in [-0.4, -0.2) is 12.5 Å². The minimum absolute atomic E-state index is 0.314. The van der Waals surface area contributed by atoms with Crippen LogP contribution in [0.2, 0.25) is 5.02 Å². The van der Waals surface area contributed by atoms with Gasteiger partial charge < -0.3 is 10.6 Å². The zero-order valence-electron chi connectivity index (χ0n) is 12.0. The van der Waals surface area contributed by atoms with Gasteiger partial charge in [-0.15, -0.1) is 0 Å². The summed E-state index contributed by atoms with van der Waals surface area (Å²) in [5.41, 5.74) is 8.33. The molecule has 0 bridgehead atoms. The number of hydrogen-bond acceptors (Lipinski definition) is 2. The minimum atomic E-state index is -0.428. The molecule has 0 unspecified atom stereocenters. The molecule has 1 aliphatic rings. The Balaban J connectivity index is 1.99. The summed E-state index contributed by atoms with van der Waals surface area (Å²) >= 11 is 6.12. The number of anilines is 1. The largest absolute Gasteiger partial charge is 0.367 e. The number of carbonyl (C=O) groups excluding carboxylic acids is 1. The number of nitrogens with two attached hydrogens (primary N) is 1. The normalized spacial score (nSPS) is 13.8. The lowest BCUT2D eigenvalue weighted by atomic mass is 9.95. The van der Waals surface area contributed by atoms with Crippen molar-refractivity contribution in [1.82, 2.24) is 0 Å². The van der Waals surface area contributed by atoms with E-state index in [0.29, 0.717) is 22.7 Å². The Hall–Kier alpha value is -2.07. The summed E-state index contributed by atoms with van der Waals surface area (Å²) in [7, 11) is 0. The van der Waals surface area contributed by atoms with Crippen LogP contribution in [0.1, 0.15) is 27.9 Å². The van der Waals surface area contributed by atoms with Crippen LogP contribution >= 0.6 is 11.6 Å². The molecule has 0 radical (unpaired) electrons. The first kappa shape index (κ1) is 14.9. The van der Waals surface area contributed by atoms with E-state index in [-0.39, 0.29) is 5.82 Å². The monoisotopic (exact) mass is 318 g/mol. The van der Waals surface area contributed by atoms with Crippen LogP contribution < -0.4 is 10.6 Å². The standard InChI is InChI=1S/C17H16ClFN2O/c18-14-6-2-7-15(19)13(14)10-21-9-3-5-11-12(17(20)22)4-1-8-16(11)21/h1-2,4,6-8H,3,5,9-10H2,(H2,20,22). The van der Waals surface area contributed by atoms with Gasteiger partial charge in [-0.25, -0.2) is 4.39 Å². The van der Waals surface area contributed by atoms with Crippen molar-refractivity contribution in [2.45, 2.75) is 19.4 Å². The second-order valence-electron chi connectivity index (χ2n) is 5.39. The van der Waals surface area contributed by atoms with Crippen molar-refractivity contribution in [3.05, 3.63) is 63.9 Å². The Morgan fingerprint density at radius 1 is 1.27 bits per heavy atom. The molecule has 2 aromatic carbocycles. The van der Waals surface area contributed by atoms with Crippen molar-refractivity contribution < 1.29 is 9.18 Å². The number of amides is 1. The molecule has 0 aromatic heterocycles. The van der Waals surface area contributed by atoms with E-state index in [4.69, 9.17) is 17.3 Å². The molecule has 0 spiro atoms. The van der Waals surface area contributed by atoms with Crippen molar-refractivity contribution in [2.24, 2.45) is 5.73 Å². The summed E-state index contributed by atoms with van der Waals surface area (Å²) in [4.78, 5) is 13.6. The van der Waals surface area contributed by atoms with Gasteiger partial charge in [0.15, 0.2) is 0 Å². The highest BCUT2D eigenvalue weighted by Gasteiger charge is 2.22. The molecule has 1 aliphatic heterocycles. The van der Waals surface area contributed by atoms with Gasteiger partial charge in [0.05, 0.1) is 0 Å². The highest BCUT2D eigenvalue weighted by molar-refractivity contribution is 6.31. The predicted molar refractivity (Wildman–Crippen MR) is 85.7 cm³/mol. The molecule has 5 heteroatoms. The smallest absolute Gasteiger partial charge is 0.249 e. The Bertz CT molecular complexity index is 712. The number of rotatable bonds is 3. The number of carbonyl (C=O) groups is 1. The second kappa shape index (κ2) is 5.97. The van der Waals surface area contributed by atoms with Crippen molar-refractivity contribution in [3.63, 3.8) is 0 Å². The fourth-order valence-electron chi connectivity index (χ4n) is 2.97. The molecule has 0 saturated heterocycles. The van der Waals surface area contributed by atoms with Crippen LogP contribution in [0, 0.1) is 5.82 Å². The number of primary amides is 1. The number of benzene rings is 2. The van der Waals surface area contributed by atoms with E-state index in [1.165, 1.54) is 6.07 Å². The molecule has 1 amide bonds. The van der Waals surface area contributed by atoms with Gasteiger partial charge in [0.25, 0.3) is 0 Å². The molecular formula is C17H16ClFN2O. The zero-order valence-corrected chi connectivity index (χ0v) is 12.7. The van der Waals surface area contributed by atoms with Crippen LogP contribution in [0.15, 0.2) is 36.4 Å². The Labute approximate surface area is 133 Å². The van der Waals surface area contributed by atoms with Gasteiger partial charge in [0, 0.05) is 34.9 Å². The third-order valence-electron chi connectivity index (χ3n) is 4.02. The molecule has 0 aliphatic carbocycles. The predicted octanol–water partition coefficient (Wildman–Crippen LogP) is 3.53. The summed E-state index contributed by atoms with van der Waals surface area (Å²) in [6, 6.07) is 10.2. The van der Waals surface area contributed by atoms with Gasteiger partial charge in [0.1, 0.15) is 5.82 Å². The fourth-order valence-corrected chi connectivity index (χ4v) is 3.19. The summed E-state index contributed by atoms with van der Waals surface area (Å²) < 4.78 is 14.0. The van der Waals surface area contributed by atoms with E-state index in [9.17, 15) is 9.18 Å². The van der Waals surface area contributed by atoms with Crippen LogP contribution in [0.4, 0.5) is 10.1 Å².